The third kappa shape index (κ3) is 4.75. The van der Waals surface area contributed by atoms with Crippen LogP contribution in [-0.2, 0) is 4.79 Å². The molecule has 0 unspecified atom stereocenters. The van der Waals surface area contributed by atoms with Gasteiger partial charge in [0, 0.05) is 4.47 Å². The maximum Gasteiger partial charge on any atom is 0.573 e. The summed E-state index contributed by atoms with van der Waals surface area (Å²) in [4.78, 5) is 11.1. The highest BCUT2D eigenvalue weighted by Gasteiger charge is 2.34. The monoisotopic (exact) mass is 340 g/mol. The first-order valence-corrected chi connectivity index (χ1v) is 5.44. The topological polar surface area (TPSA) is 62.1 Å². The Balaban J connectivity index is 3.14. The fourth-order valence-corrected chi connectivity index (χ4v) is 1.57. The van der Waals surface area contributed by atoms with E-state index in [1.807, 2.05) is 5.32 Å². The summed E-state index contributed by atoms with van der Waals surface area (Å²) >= 11 is 2.86. The van der Waals surface area contributed by atoms with E-state index in [1.165, 1.54) is 6.07 Å². The largest absolute Gasteiger partial charge is 0.573 e. The quantitative estimate of drug-likeness (QED) is 0.858. The lowest BCUT2D eigenvalue weighted by molar-refractivity contribution is -0.275. The number of nitrogens with zero attached hydrogens (tertiary/aromatic N) is 1. The molecule has 0 aliphatic heterocycles. The van der Waals surface area contributed by atoms with Crippen LogP contribution in [0.25, 0.3) is 0 Å². The van der Waals surface area contributed by atoms with Gasteiger partial charge < -0.3 is 10.1 Å². The van der Waals surface area contributed by atoms with E-state index >= 15 is 0 Å². The lowest BCUT2D eigenvalue weighted by Crippen LogP contribution is -2.20. The fourth-order valence-electron chi connectivity index (χ4n) is 1.14. The van der Waals surface area contributed by atoms with Gasteiger partial charge in [0.15, 0.2) is 11.6 Å². The zero-order valence-electron chi connectivity index (χ0n) is 9.02. The molecule has 0 saturated heterocycles. The van der Waals surface area contributed by atoms with Crippen LogP contribution in [0.5, 0.6) is 5.75 Å². The molecule has 1 amide bonds. The number of halogens is 5. The number of amides is 1. The van der Waals surface area contributed by atoms with Crippen LogP contribution in [0.4, 0.5) is 23.2 Å². The number of carbonyl (C=O) groups excluding carboxylic acids is 1. The van der Waals surface area contributed by atoms with Crippen molar-refractivity contribution in [3.63, 3.8) is 0 Å². The number of hydrogen-bond donors (Lipinski definition) is 1. The SMILES string of the molecule is N#CCC(=O)Nc1cc(Br)cc(F)c1OC(F)(F)F. The Morgan fingerprint density at radius 3 is 2.63 bits per heavy atom. The number of hydrogen-bond acceptors (Lipinski definition) is 3. The van der Waals surface area contributed by atoms with Gasteiger partial charge in [-0.1, -0.05) is 15.9 Å². The molecule has 0 saturated carbocycles. The molecule has 1 rings (SSSR count). The van der Waals surface area contributed by atoms with Crippen LogP contribution < -0.4 is 10.1 Å². The van der Waals surface area contributed by atoms with E-state index in [0.717, 1.165) is 12.1 Å². The Kier molecular flexibility index (Phi) is 4.72. The van der Waals surface area contributed by atoms with Crippen molar-refractivity contribution >= 4 is 27.5 Å². The van der Waals surface area contributed by atoms with Crippen LogP contribution in [0.15, 0.2) is 16.6 Å². The second-order valence-corrected chi connectivity index (χ2v) is 4.11. The fraction of sp³-hybridized carbons (Fsp3) is 0.200. The van der Waals surface area contributed by atoms with Crippen LogP contribution in [-0.4, -0.2) is 12.3 Å². The summed E-state index contributed by atoms with van der Waals surface area (Å²) in [7, 11) is 0. The molecule has 0 aliphatic rings. The molecule has 0 spiro atoms. The lowest BCUT2D eigenvalue weighted by Gasteiger charge is -2.14. The van der Waals surface area contributed by atoms with Crippen molar-refractivity contribution in [3.8, 4) is 11.8 Å². The summed E-state index contributed by atoms with van der Waals surface area (Å²) in [6, 6.07) is 3.28. The first-order valence-electron chi connectivity index (χ1n) is 4.64. The average molecular weight is 341 g/mol. The molecule has 0 heterocycles. The van der Waals surface area contributed by atoms with Gasteiger partial charge in [0.25, 0.3) is 0 Å². The molecule has 4 nitrogen and oxygen atoms in total. The van der Waals surface area contributed by atoms with Crippen molar-refractivity contribution in [3.05, 3.63) is 22.4 Å². The van der Waals surface area contributed by atoms with E-state index in [1.54, 1.807) is 0 Å². The molecular formula is C10H5BrF4N2O2. The molecule has 0 aliphatic carbocycles. The lowest BCUT2D eigenvalue weighted by atomic mass is 10.2. The Labute approximate surface area is 113 Å². The molecule has 1 N–H and O–H groups in total. The van der Waals surface area contributed by atoms with E-state index < -0.39 is 35.9 Å². The minimum atomic E-state index is -5.11. The van der Waals surface area contributed by atoms with Crippen molar-refractivity contribution in [1.29, 1.82) is 5.26 Å². The summed E-state index contributed by atoms with van der Waals surface area (Å²) in [5, 5.41) is 10.2. The molecule has 19 heavy (non-hydrogen) atoms. The summed E-state index contributed by atoms with van der Waals surface area (Å²) < 4.78 is 53.4. The number of ether oxygens (including phenoxy) is 1. The number of nitriles is 1. The smallest absolute Gasteiger partial charge is 0.400 e. The van der Waals surface area contributed by atoms with Gasteiger partial charge in [-0.15, -0.1) is 13.2 Å². The first kappa shape index (κ1) is 15.2. The van der Waals surface area contributed by atoms with Gasteiger partial charge in [-0.05, 0) is 12.1 Å². The van der Waals surface area contributed by atoms with Crippen LogP contribution in [0.1, 0.15) is 6.42 Å². The number of anilines is 1. The normalized spacial score (nSPS) is 10.7. The highest BCUT2D eigenvalue weighted by molar-refractivity contribution is 9.10. The third-order valence-electron chi connectivity index (χ3n) is 1.74. The second kappa shape index (κ2) is 5.88. The number of alkyl halides is 3. The van der Waals surface area contributed by atoms with Crippen molar-refractivity contribution in [2.45, 2.75) is 12.8 Å². The molecule has 0 fully saturated rings. The Morgan fingerprint density at radius 1 is 1.47 bits per heavy atom. The van der Waals surface area contributed by atoms with Crippen molar-refractivity contribution < 1.29 is 27.1 Å². The second-order valence-electron chi connectivity index (χ2n) is 3.20. The summed E-state index contributed by atoms with van der Waals surface area (Å²) in [6.45, 7) is 0. The van der Waals surface area contributed by atoms with E-state index in [0.29, 0.717) is 0 Å². The van der Waals surface area contributed by atoms with Gasteiger partial charge >= 0.3 is 6.36 Å². The molecule has 0 atom stereocenters. The van der Waals surface area contributed by atoms with Crippen molar-refractivity contribution in [1.82, 2.24) is 0 Å². The minimum Gasteiger partial charge on any atom is -0.400 e. The van der Waals surface area contributed by atoms with E-state index in [9.17, 15) is 22.4 Å². The molecule has 0 radical (unpaired) electrons. The summed E-state index contributed by atoms with van der Waals surface area (Å²) in [6.07, 6.45) is -5.69. The number of carbonyl (C=O) groups is 1. The van der Waals surface area contributed by atoms with Crippen LogP contribution in [0, 0.1) is 17.1 Å². The van der Waals surface area contributed by atoms with Gasteiger partial charge in [0.1, 0.15) is 6.42 Å². The summed E-state index contributed by atoms with van der Waals surface area (Å²) in [5.74, 6) is -3.35. The Morgan fingerprint density at radius 2 is 2.11 bits per heavy atom. The number of benzene rings is 1. The Hall–Kier alpha value is -1.82. The standard InChI is InChI=1S/C10H5BrF4N2O2/c11-5-3-6(12)9(19-10(13,14)15)7(4-5)17-8(18)1-2-16/h3-4H,1H2,(H,17,18). The molecular weight excluding hydrogens is 336 g/mol. The van der Waals surface area contributed by atoms with Gasteiger partial charge in [0.2, 0.25) is 5.91 Å². The molecule has 1 aromatic carbocycles. The number of nitrogens with one attached hydrogen (secondary N) is 1. The van der Waals surface area contributed by atoms with Crippen LogP contribution >= 0.6 is 15.9 Å². The maximum absolute atomic E-state index is 13.4. The predicted octanol–water partition coefficient (Wildman–Crippen LogP) is 3.34. The summed E-state index contributed by atoms with van der Waals surface area (Å²) in [5.41, 5.74) is -0.524. The highest BCUT2D eigenvalue weighted by Crippen LogP contribution is 2.35. The van der Waals surface area contributed by atoms with Crippen molar-refractivity contribution in [2.75, 3.05) is 5.32 Å². The van der Waals surface area contributed by atoms with E-state index in [4.69, 9.17) is 5.26 Å². The molecule has 102 valence electrons. The van der Waals surface area contributed by atoms with Gasteiger partial charge in [-0.2, -0.15) is 5.26 Å². The maximum atomic E-state index is 13.4. The molecule has 0 aromatic heterocycles. The van der Waals surface area contributed by atoms with Crippen LogP contribution in [0.2, 0.25) is 0 Å². The van der Waals surface area contributed by atoms with Gasteiger partial charge in [-0.3, -0.25) is 4.79 Å². The Bertz CT molecular complexity index is 540. The molecule has 0 bridgehead atoms. The molecule has 1 aromatic rings. The number of rotatable bonds is 3. The zero-order valence-corrected chi connectivity index (χ0v) is 10.6. The van der Waals surface area contributed by atoms with Crippen LogP contribution in [0.3, 0.4) is 0 Å². The molecule has 9 heteroatoms. The minimum absolute atomic E-state index is 0.104. The average Bonchev–Trinajstić information content (AvgIpc) is 2.22. The highest BCUT2D eigenvalue weighted by atomic mass is 79.9. The third-order valence-corrected chi connectivity index (χ3v) is 2.20. The predicted molar refractivity (Wildman–Crippen MR) is 59.6 cm³/mol. The first-order chi connectivity index (χ1) is 8.73. The van der Waals surface area contributed by atoms with Gasteiger partial charge in [0.05, 0.1) is 11.8 Å². The zero-order chi connectivity index (χ0) is 14.6. The van der Waals surface area contributed by atoms with E-state index in [-0.39, 0.29) is 4.47 Å². The van der Waals surface area contributed by atoms with Gasteiger partial charge in [-0.25, -0.2) is 4.39 Å². The van der Waals surface area contributed by atoms with E-state index in [2.05, 4.69) is 20.7 Å². The van der Waals surface area contributed by atoms with Crippen molar-refractivity contribution in [2.24, 2.45) is 0 Å².